The van der Waals surface area contributed by atoms with E-state index in [1.807, 2.05) is 91.9 Å². The highest BCUT2D eigenvalue weighted by Crippen LogP contribution is 2.47. The van der Waals surface area contributed by atoms with Crippen LogP contribution < -0.4 is 15.9 Å². The Labute approximate surface area is 202 Å². The molecule has 0 saturated carbocycles. The van der Waals surface area contributed by atoms with Crippen molar-refractivity contribution in [1.82, 2.24) is 0 Å². The molecular formula is C31H29O2P. The lowest BCUT2D eigenvalue weighted by Crippen LogP contribution is -2.34. The largest absolute Gasteiger partial charge is 0.300 e. The number of ketones is 2. The van der Waals surface area contributed by atoms with E-state index in [9.17, 15) is 9.59 Å². The van der Waals surface area contributed by atoms with Gasteiger partial charge in [0.05, 0.1) is 0 Å². The summed E-state index contributed by atoms with van der Waals surface area (Å²) in [6.07, 6.45) is 1.27. The maximum absolute atomic E-state index is 14.3. The first-order chi connectivity index (χ1) is 16.7. The minimum Gasteiger partial charge on any atom is -0.300 e. The van der Waals surface area contributed by atoms with Gasteiger partial charge in [0, 0.05) is 23.7 Å². The van der Waals surface area contributed by atoms with Crippen LogP contribution in [-0.4, -0.2) is 16.9 Å². The molecule has 0 aromatic heterocycles. The Bertz CT molecular complexity index is 1190. The van der Waals surface area contributed by atoms with E-state index in [0.717, 1.165) is 21.2 Å². The zero-order chi connectivity index (χ0) is 23.8. The third-order valence-electron chi connectivity index (χ3n) is 6.17. The topological polar surface area (TPSA) is 34.1 Å². The molecule has 4 aromatic rings. The van der Waals surface area contributed by atoms with Crippen LogP contribution in [0, 0.1) is 0 Å². The van der Waals surface area contributed by atoms with Crippen molar-refractivity contribution >= 4 is 39.7 Å². The fourth-order valence-electron chi connectivity index (χ4n) is 4.49. The van der Waals surface area contributed by atoms with E-state index in [1.165, 1.54) is 0 Å². The van der Waals surface area contributed by atoms with Crippen LogP contribution in [-0.2, 0) is 4.79 Å². The van der Waals surface area contributed by atoms with E-state index in [4.69, 9.17) is 0 Å². The summed E-state index contributed by atoms with van der Waals surface area (Å²) in [6.45, 7) is -0.653. The average Bonchev–Trinajstić information content (AvgIpc) is 2.92. The van der Waals surface area contributed by atoms with Crippen LogP contribution in [0.3, 0.4) is 0 Å². The zero-order valence-corrected chi connectivity index (χ0v) is 20.3. The SMILES string of the molecule is CCC(=O)CCC(C(=O)c1ccccc1)=P(c1ccccc1)(c1ccccc1)c1ccccc1. The first-order valence-electron chi connectivity index (χ1n) is 11.7. The van der Waals surface area contributed by atoms with Gasteiger partial charge >= 0.3 is 0 Å². The molecule has 0 amide bonds. The van der Waals surface area contributed by atoms with Gasteiger partial charge in [-0.25, -0.2) is 0 Å². The minimum atomic E-state index is -2.54. The molecule has 0 spiro atoms. The van der Waals surface area contributed by atoms with Crippen molar-refractivity contribution < 1.29 is 9.59 Å². The summed E-state index contributed by atoms with van der Waals surface area (Å²) in [5.41, 5.74) is 0.661. The van der Waals surface area contributed by atoms with Crippen LogP contribution in [0.5, 0.6) is 0 Å². The Hall–Kier alpha value is -3.48. The van der Waals surface area contributed by atoms with E-state index >= 15 is 0 Å². The monoisotopic (exact) mass is 464 g/mol. The Morgan fingerprint density at radius 1 is 0.559 bits per heavy atom. The van der Waals surface area contributed by atoms with Gasteiger partial charge in [-0.05, 0) is 29.2 Å². The van der Waals surface area contributed by atoms with E-state index in [-0.39, 0.29) is 11.6 Å². The van der Waals surface area contributed by atoms with Gasteiger partial charge in [0.1, 0.15) is 5.78 Å². The summed E-state index contributed by atoms with van der Waals surface area (Å²) >= 11 is 0. The number of Topliss-reactive ketones (excluding diaryl/α,β-unsaturated/α-hetero) is 2. The van der Waals surface area contributed by atoms with Crippen LogP contribution in [0.2, 0.25) is 0 Å². The molecule has 2 nitrogen and oxygen atoms in total. The van der Waals surface area contributed by atoms with Crippen molar-refractivity contribution in [2.45, 2.75) is 26.2 Å². The maximum Gasteiger partial charge on any atom is 0.190 e. The molecule has 0 N–H and O–H groups in total. The quantitative estimate of drug-likeness (QED) is 0.232. The standard InChI is InChI=1S/C31H29O2P/c1-2-26(32)23-24-30(31(33)25-15-7-3-8-16-25)34(27-17-9-4-10-18-27,28-19-11-5-12-20-28)29-21-13-6-14-22-29/h3-22H,2,23-24H2,1H3. The van der Waals surface area contributed by atoms with Crippen molar-refractivity contribution in [2.75, 3.05) is 0 Å². The summed E-state index contributed by atoms with van der Waals surface area (Å²) in [5.74, 6) is 0.194. The molecule has 170 valence electrons. The van der Waals surface area contributed by atoms with Gasteiger partial charge < -0.3 is 0 Å². The van der Waals surface area contributed by atoms with Gasteiger partial charge in [-0.2, -0.15) is 0 Å². The highest BCUT2D eigenvalue weighted by atomic mass is 31.2. The van der Waals surface area contributed by atoms with Gasteiger partial charge in [0.2, 0.25) is 0 Å². The maximum atomic E-state index is 14.3. The first-order valence-corrected chi connectivity index (χ1v) is 13.5. The molecule has 0 aliphatic heterocycles. The predicted octanol–water partition coefficient (Wildman–Crippen LogP) is 5.80. The second-order valence-electron chi connectivity index (χ2n) is 8.21. The van der Waals surface area contributed by atoms with Crippen LogP contribution >= 0.6 is 6.89 Å². The molecule has 0 bridgehead atoms. The number of carbonyl (C=O) groups excluding carboxylic acids is 2. The highest BCUT2D eigenvalue weighted by Gasteiger charge is 2.33. The van der Waals surface area contributed by atoms with Crippen LogP contribution in [0.1, 0.15) is 36.5 Å². The lowest BCUT2D eigenvalue weighted by molar-refractivity contribution is -0.118. The van der Waals surface area contributed by atoms with Crippen LogP contribution in [0.4, 0.5) is 0 Å². The van der Waals surface area contributed by atoms with Gasteiger partial charge in [0.25, 0.3) is 0 Å². The molecule has 4 aromatic carbocycles. The summed E-state index contributed by atoms with van der Waals surface area (Å²) in [5, 5.41) is 4.19. The Kier molecular flexibility index (Phi) is 7.72. The number of benzene rings is 4. The van der Waals surface area contributed by atoms with E-state index in [0.29, 0.717) is 24.8 Å². The third-order valence-corrected chi connectivity index (χ3v) is 10.6. The van der Waals surface area contributed by atoms with Crippen molar-refractivity contribution in [3.63, 3.8) is 0 Å². The molecule has 34 heavy (non-hydrogen) atoms. The smallest absolute Gasteiger partial charge is 0.190 e. The number of hydrogen-bond acceptors (Lipinski definition) is 2. The normalized spacial score (nSPS) is 11.1. The van der Waals surface area contributed by atoms with Crippen LogP contribution in [0.25, 0.3) is 0 Å². The highest BCUT2D eigenvalue weighted by molar-refractivity contribution is 7.96. The van der Waals surface area contributed by atoms with Crippen molar-refractivity contribution in [3.05, 3.63) is 127 Å². The fourth-order valence-corrected chi connectivity index (χ4v) is 9.06. The second-order valence-corrected chi connectivity index (χ2v) is 11.6. The summed E-state index contributed by atoms with van der Waals surface area (Å²) < 4.78 is 0. The third kappa shape index (κ3) is 4.74. The van der Waals surface area contributed by atoms with E-state index in [2.05, 4.69) is 36.4 Å². The molecule has 4 rings (SSSR count). The average molecular weight is 465 g/mol. The van der Waals surface area contributed by atoms with Crippen LogP contribution in [0.15, 0.2) is 121 Å². The second kappa shape index (κ2) is 11.1. The summed E-state index contributed by atoms with van der Waals surface area (Å²) in [6, 6.07) is 40.5. The predicted molar refractivity (Wildman–Crippen MR) is 145 cm³/mol. The molecule has 0 atom stereocenters. The molecule has 0 aliphatic rings. The molecule has 3 heteroatoms. The van der Waals surface area contributed by atoms with Crippen molar-refractivity contribution in [1.29, 1.82) is 0 Å². The zero-order valence-electron chi connectivity index (χ0n) is 19.4. The van der Waals surface area contributed by atoms with Gasteiger partial charge in [-0.1, -0.05) is 128 Å². The number of rotatable bonds is 9. The minimum absolute atomic E-state index is 0.0226. The summed E-state index contributed by atoms with van der Waals surface area (Å²) in [7, 11) is 0. The van der Waals surface area contributed by atoms with Crippen molar-refractivity contribution in [2.24, 2.45) is 0 Å². The van der Waals surface area contributed by atoms with Gasteiger partial charge in [-0.15, -0.1) is 0 Å². The Balaban J connectivity index is 2.17. The van der Waals surface area contributed by atoms with E-state index < -0.39 is 6.89 Å². The molecule has 0 unspecified atom stereocenters. The van der Waals surface area contributed by atoms with E-state index in [1.54, 1.807) is 0 Å². The van der Waals surface area contributed by atoms with Gasteiger partial charge in [-0.3, -0.25) is 9.59 Å². The van der Waals surface area contributed by atoms with Gasteiger partial charge in [0.15, 0.2) is 5.78 Å². The fraction of sp³-hybridized carbons (Fsp3) is 0.129. The Morgan fingerprint density at radius 3 is 1.32 bits per heavy atom. The van der Waals surface area contributed by atoms with Crippen molar-refractivity contribution in [3.8, 4) is 0 Å². The lowest BCUT2D eigenvalue weighted by Gasteiger charge is -2.32. The molecule has 0 radical (unpaired) electrons. The molecule has 0 fully saturated rings. The molecule has 0 heterocycles. The Morgan fingerprint density at radius 2 is 0.941 bits per heavy atom. The molecular weight excluding hydrogens is 435 g/mol. The first kappa shape index (κ1) is 23.7. The molecule has 0 saturated heterocycles. The summed E-state index contributed by atoms with van der Waals surface area (Å²) in [4.78, 5) is 26.8. The number of hydrogen-bond donors (Lipinski definition) is 0. The molecule has 0 aliphatic carbocycles. The lowest BCUT2D eigenvalue weighted by atomic mass is 10.0. The number of carbonyl (C=O) groups is 2.